The van der Waals surface area contributed by atoms with E-state index in [4.69, 9.17) is 4.74 Å². The van der Waals surface area contributed by atoms with Gasteiger partial charge in [0, 0.05) is 11.5 Å². The molecule has 7 nitrogen and oxygen atoms in total. The van der Waals surface area contributed by atoms with Gasteiger partial charge in [0.1, 0.15) is 0 Å². The number of carbonyl (C=O) groups is 1. The number of rotatable bonds is 4. The smallest absolute Gasteiger partial charge is 0.437 e. The number of hydrogen-bond acceptors (Lipinski definition) is 6. The lowest BCUT2D eigenvalue weighted by Crippen LogP contribution is -2.14. The lowest BCUT2D eigenvalue weighted by molar-refractivity contribution is 0.119. The van der Waals surface area contributed by atoms with Crippen molar-refractivity contribution in [2.24, 2.45) is 0 Å². The van der Waals surface area contributed by atoms with Crippen molar-refractivity contribution in [2.75, 3.05) is 11.8 Å². The third-order valence-corrected chi connectivity index (χ3v) is 4.82. The largest absolute Gasteiger partial charge is 0.514 e. The van der Waals surface area contributed by atoms with Crippen LogP contribution in [-0.4, -0.2) is 26.7 Å². The maximum atomic E-state index is 12.7. The highest BCUT2D eigenvalue weighted by Gasteiger charge is 2.17. The van der Waals surface area contributed by atoms with Crippen molar-refractivity contribution in [1.29, 1.82) is 0 Å². The van der Waals surface area contributed by atoms with Crippen LogP contribution >= 0.6 is 0 Å². The van der Waals surface area contributed by atoms with Crippen LogP contribution in [0.4, 0.5) is 10.5 Å². The van der Waals surface area contributed by atoms with E-state index in [9.17, 15) is 13.2 Å². The molecule has 2 aromatic carbocycles. The Morgan fingerprint density at radius 3 is 2.52 bits per heavy atom. The third-order valence-electron chi connectivity index (χ3n) is 3.38. The fourth-order valence-corrected chi connectivity index (χ4v) is 3.54. The molecule has 0 saturated heterocycles. The second-order valence-corrected chi connectivity index (χ2v) is 6.67. The van der Waals surface area contributed by atoms with Gasteiger partial charge in [0.05, 0.1) is 23.9 Å². The molecular formula is C17H14N2O5S. The van der Waals surface area contributed by atoms with Gasteiger partial charge in [-0.25, -0.2) is 18.2 Å². The van der Waals surface area contributed by atoms with E-state index in [1.165, 1.54) is 31.5 Å². The van der Waals surface area contributed by atoms with E-state index in [2.05, 4.69) is 14.4 Å². The predicted molar refractivity (Wildman–Crippen MR) is 92.0 cm³/mol. The van der Waals surface area contributed by atoms with Gasteiger partial charge in [-0.05, 0) is 17.5 Å². The summed E-state index contributed by atoms with van der Waals surface area (Å²) < 4.78 is 36.9. The third kappa shape index (κ3) is 3.69. The zero-order valence-electron chi connectivity index (χ0n) is 13.2. The Balaban J connectivity index is 1.87. The summed E-state index contributed by atoms with van der Waals surface area (Å²) in [5.41, 5.74) is 0.241. The van der Waals surface area contributed by atoms with Crippen LogP contribution in [0.15, 0.2) is 65.7 Å². The Kier molecular flexibility index (Phi) is 4.53. The maximum absolute atomic E-state index is 12.7. The first kappa shape index (κ1) is 16.7. The summed E-state index contributed by atoms with van der Waals surface area (Å²) in [7, 11) is -2.63. The molecule has 0 fully saturated rings. The van der Waals surface area contributed by atoms with Crippen molar-refractivity contribution < 1.29 is 22.7 Å². The van der Waals surface area contributed by atoms with Gasteiger partial charge in [-0.3, -0.25) is 4.72 Å². The molecule has 3 aromatic rings. The standard InChI is InChI=1S/C17H14N2O5S/c1-23-17(20)24-16-10-9-13(11-18-16)19-25(21,22)15-8-4-6-12-5-2-3-7-14(12)15/h2-11,19H,1H3. The van der Waals surface area contributed by atoms with Gasteiger partial charge < -0.3 is 9.47 Å². The highest BCUT2D eigenvalue weighted by Crippen LogP contribution is 2.25. The van der Waals surface area contributed by atoms with E-state index in [0.29, 0.717) is 5.39 Å². The molecule has 0 aliphatic rings. The van der Waals surface area contributed by atoms with Gasteiger partial charge in [0.25, 0.3) is 10.0 Å². The van der Waals surface area contributed by atoms with E-state index < -0.39 is 16.2 Å². The molecule has 25 heavy (non-hydrogen) atoms. The molecular weight excluding hydrogens is 344 g/mol. The van der Waals surface area contributed by atoms with Gasteiger partial charge in [0.2, 0.25) is 5.88 Å². The molecule has 0 unspecified atom stereocenters. The van der Waals surface area contributed by atoms with Crippen LogP contribution in [0.1, 0.15) is 0 Å². The number of nitrogens with zero attached hydrogens (tertiary/aromatic N) is 1. The van der Waals surface area contributed by atoms with Gasteiger partial charge in [-0.2, -0.15) is 0 Å². The molecule has 0 saturated carbocycles. The number of aromatic nitrogens is 1. The minimum Gasteiger partial charge on any atom is -0.437 e. The highest BCUT2D eigenvalue weighted by molar-refractivity contribution is 7.93. The molecule has 0 amide bonds. The molecule has 0 radical (unpaired) electrons. The monoisotopic (exact) mass is 358 g/mol. The van der Waals surface area contributed by atoms with E-state index >= 15 is 0 Å². The quantitative estimate of drug-likeness (QED) is 0.720. The molecule has 0 atom stereocenters. The zero-order valence-corrected chi connectivity index (χ0v) is 14.0. The van der Waals surface area contributed by atoms with Crippen LogP contribution in [0.25, 0.3) is 10.8 Å². The van der Waals surface area contributed by atoms with Gasteiger partial charge in [0.15, 0.2) is 0 Å². The molecule has 3 rings (SSSR count). The number of sulfonamides is 1. The normalized spacial score (nSPS) is 11.1. The molecule has 0 bridgehead atoms. The predicted octanol–water partition coefficient (Wildman–Crippen LogP) is 3.18. The number of carbonyl (C=O) groups excluding carboxylic acids is 1. The number of fused-ring (bicyclic) bond motifs is 1. The van der Waals surface area contributed by atoms with Crippen molar-refractivity contribution in [1.82, 2.24) is 4.98 Å². The minimum absolute atomic E-state index is 0.0000381. The lowest BCUT2D eigenvalue weighted by atomic mass is 10.1. The summed E-state index contributed by atoms with van der Waals surface area (Å²) in [5, 5.41) is 1.45. The Bertz CT molecular complexity index is 1010. The van der Waals surface area contributed by atoms with Crippen molar-refractivity contribution >= 4 is 32.6 Å². The van der Waals surface area contributed by atoms with Crippen LogP contribution in [0, 0.1) is 0 Å². The number of ether oxygens (including phenoxy) is 2. The maximum Gasteiger partial charge on any atom is 0.514 e. The molecule has 1 N–H and O–H groups in total. The van der Waals surface area contributed by atoms with Gasteiger partial charge in [-0.15, -0.1) is 0 Å². The fourth-order valence-electron chi connectivity index (χ4n) is 2.27. The lowest BCUT2D eigenvalue weighted by Gasteiger charge is -2.10. The Labute approximate surface area is 144 Å². The van der Waals surface area contributed by atoms with Crippen LogP contribution in [0.2, 0.25) is 0 Å². The molecule has 0 aliphatic carbocycles. The van der Waals surface area contributed by atoms with E-state index in [0.717, 1.165) is 5.39 Å². The Hall–Kier alpha value is -3.13. The average Bonchev–Trinajstić information content (AvgIpc) is 2.62. The van der Waals surface area contributed by atoms with Crippen molar-refractivity contribution in [3.63, 3.8) is 0 Å². The number of pyridine rings is 1. The zero-order chi connectivity index (χ0) is 17.9. The summed E-state index contributed by atoms with van der Waals surface area (Å²) >= 11 is 0. The summed E-state index contributed by atoms with van der Waals surface area (Å²) in [5.74, 6) is -0.0000381. The number of nitrogens with one attached hydrogen (secondary N) is 1. The van der Waals surface area contributed by atoms with E-state index in [-0.39, 0.29) is 16.5 Å². The summed E-state index contributed by atoms with van der Waals surface area (Å²) in [6, 6.07) is 15.1. The van der Waals surface area contributed by atoms with Crippen LogP contribution in [-0.2, 0) is 14.8 Å². The van der Waals surface area contributed by atoms with Crippen LogP contribution in [0.5, 0.6) is 5.88 Å². The van der Waals surface area contributed by atoms with E-state index in [1.807, 2.05) is 18.2 Å². The van der Waals surface area contributed by atoms with Crippen molar-refractivity contribution in [3.05, 3.63) is 60.8 Å². The first-order valence-electron chi connectivity index (χ1n) is 7.22. The van der Waals surface area contributed by atoms with Crippen molar-refractivity contribution in [2.45, 2.75) is 4.90 Å². The minimum atomic E-state index is -3.80. The number of hydrogen-bond donors (Lipinski definition) is 1. The molecule has 1 heterocycles. The molecule has 0 spiro atoms. The summed E-state index contributed by atoms with van der Waals surface area (Å²) in [6.45, 7) is 0. The first-order valence-corrected chi connectivity index (χ1v) is 8.70. The van der Waals surface area contributed by atoms with Gasteiger partial charge >= 0.3 is 6.16 Å². The molecule has 128 valence electrons. The molecule has 8 heteroatoms. The van der Waals surface area contributed by atoms with Crippen LogP contribution in [0.3, 0.4) is 0 Å². The topological polar surface area (TPSA) is 94.6 Å². The fraction of sp³-hybridized carbons (Fsp3) is 0.0588. The van der Waals surface area contributed by atoms with E-state index in [1.54, 1.807) is 18.2 Å². The van der Waals surface area contributed by atoms with Crippen molar-refractivity contribution in [3.8, 4) is 5.88 Å². The summed E-state index contributed by atoms with van der Waals surface area (Å²) in [6.07, 6.45) is 0.345. The van der Waals surface area contributed by atoms with Crippen LogP contribution < -0.4 is 9.46 Å². The number of anilines is 1. The number of methoxy groups -OCH3 is 1. The highest BCUT2D eigenvalue weighted by atomic mass is 32.2. The Morgan fingerprint density at radius 2 is 1.80 bits per heavy atom. The first-order chi connectivity index (χ1) is 12.0. The van der Waals surface area contributed by atoms with Gasteiger partial charge in [-0.1, -0.05) is 36.4 Å². The molecule has 1 aromatic heterocycles. The number of benzene rings is 2. The second-order valence-electron chi connectivity index (χ2n) is 5.02. The molecule has 0 aliphatic heterocycles. The Morgan fingerprint density at radius 1 is 1.04 bits per heavy atom. The second kappa shape index (κ2) is 6.78. The summed E-state index contributed by atoms with van der Waals surface area (Å²) in [4.78, 5) is 15.0. The average molecular weight is 358 g/mol. The SMILES string of the molecule is COC(=O)Oc1ccc(NS(=O)(=O)c2cccc3ccccc23)cn1.